The minimum absolute atomic E-state index is 0.0760. The van der Waals surface area contributed by atoms with E-state index in [1.165, 1.54) is 24.5 Å². The van der Waals surface area contributed by atoms with Crippen molar-refractivity contribution in [3.63, 3.8) is 0 Å². The van der Waals surface area contributed by atoms with Gasteiger partial charge in [-0.3, -0.25) is 4.79 Å². The second-order valence-electron chi connectivity index (χ2n) is 3.30. The number of aromatic nitrogens is 2. The lowest BCUT2D eigenvalue weighted by atomic mass is 10.2. The van der Waals surface area contributed by atoms with Crippen LogP contribution < -0.4 is 5.32 Å². The molecule has 0 spiro atoms. The van der Waals surface area contributed by atoms with Crippen molar-refractivity contribution in [2.24, 2.45) is 0 Å². The fourth-order valence-corrected chi connectivity index (χ4v) is 1.74. The number of amides is 1. The molecule has 2 aromatic rings. The molecule has 0 atom stereocenters. The average Bonchev–Trinajstić information content (AvgIpc) is 2.28. The van der Waals surface area contributed by atoms with Crippen molar-refractivity contribution in [2.75, 3.05) is 5.32 Å². The van der Waals surface area contributed by atoms with Gasteiger partial charge < -0.3 is 5.32 Å². The van der Waals surface area contributed by atoms with Crippen LogP contribution in [0.5, 0.6) is 0 Å². The number of carbonyl (C=O) groups is 1. The van der Waals surface area contributed by atoms with E-state index in [0.717, 1.165) is 0 Å². The zero-order valence-electron chi connectivity index (χ0n) is 8.82. The van der Waals surface area contributed by atoms with Crippen LogP contribution in [0.25, 0.3) is 0 Å². The summed E-state index contributed by atoms with van der Waals surface area (Å²) in [5.41, 5.74) is -0.0760. The van der Waals surface area contributed by atoms with Gasteiger partial charge in [-0.2, -0.15) is 0 Å². The quantitative estimate of drug-likeness (QED) is 0.860. The fourth-order valence-electron chi connectivity index (χ4n) is 1.26. The van der Waals surface area contributed by atoms with E-state index in [1.54, 1.807) is 6.07 Å². The summed E-state index contributed by atoms with van der Waals surface area (Å²) < 4.78 is 14.1. The SMILES string of the molecule is O=C(Nc1cc(Cl)ncn1)c1ccc(Br)cc1F. The molecule has 1 heterocycles. The largest absolute Gasteiger partial charge is 0.306 e. The molecule has 4 nitrogen and oxygen atoms in total. The minimum atomic E-state index is -0.623. The molecule has 0 bridgehead atoms. The Morgan fingerprint density at radius 3 is 2.78 bits per heavy atom. The predicted molar refractivity (Wildman–Crippen MR) is 69.1 cm³/mol. The number of carbonyl (C=O) groups excluding carboxylic acids is 1. The lowest BCUT2D eigenvalue weighted by Crippen LogP contribution is -2.14. The third-order valence-corrected chi connectivity index (χ3v) is 2.75. The van der Waals surface area contributed by atoms with Crippen LogP contribution in [0.1, 0.15) is 10.4 Å². The highest BCUT2D eigenvalue weighted by Crippen LogP contribution is 2.17. The highest BCUT2D eigenvalue weighted by Gasteiger charge is 2.12. The molecule has 18 heavy (non-hydrogen) atoms. The van der Waals surface area contributed by atoms with E-state index in [0.29, 0.717) is 4.47 Å². The Bertz CT molecular complexity index is 609. The Balaban J connectivity index is 2.22. The number of halogens is 3. The van der Waals surface area contributed by atoms with Gasteiger partial charge in [0.2, 0.25) is 0 Å². The van der Waals surface area contributed by atoms with E-state index in [1.807, 2.05) is 0 Å². The van der Waals surface area contributed by atoms with Gasteiger partial charge in [0.15, 0.2) is 0 Å². The predicted octanol–water partition coefficient (Wildman–Crippen LogP) is 3.28. The number of rotatable bonds is 2. The van der Waals surface area contributed by atoms with Crippen molar-refractivity contribution in [2.45, 2.75) is 0 Å². The van der Waals surface area contributed by atoms with Crippen molar-refractivity contribution >= 4 is 39.3 Å². The van der Waals surface area contributed by atoms with Crippen LogP contribution in [0.4, 0.5) is 10.2 Å². The molecule has 1 aromatic heterocycles. The van der Waals surface area contributed by atoms with Gasteiger partial charge in [0.05, 0.1) is 5.56 Å². The van der Waals surface area contributed by atoms with Crippen molar-refractivity contribution in [3.8, 4) is 0 Å². The van der Waals surface area contributed by atoms with Crippen LogP contribution >= 0.6 is 27.5 Å². The molecule has 0 aliphatic carbocycles. The summed E-state index contributed by atoms with van der Waals surface area (Å²) in [4.78, 5) is 19.3. The first kappa shape index (κ1) is 12.9. The third kappa shape index (κ3) is 3.02. The molecule has 7 heteroatoms. The molecule has 0 aliphatic rings. The first-order valence-corrected chi connectivity index (χ1v) is 5.97. The van der Waals surface area contributed by atoms with Crippen molar-refractivity contribution in [1.29, 1.82) is 0 Å². The second-order valence-corrected chi connectivity index (χ2v) is 4.61. The van der Waals surface area contributed by atoms with Crippen molar-refractivity contribution in [1.82, 2.24) is 9.97 Å². The maximum atomic E-state index is 13.5. The maximum absolute atomic E-state index is 13.5. The lowest BCUT2D eigenvalue weighted by Gasteiger charge is -2.05. The molecule has 0 radical (unpaired) electrons. The van der Waals surface area contributed by atoms with Crippen LogP contribution in [-0.4, -0.2) is 15.9 Å². The smallest absolute Gasteiger partial charge is 0.259 e. The fraction of sp³-hybridized carbons (Fsp3) is 0. The van der Waals surface area contributed by atoms with E-state index in [9.17, 15) is 9.18 Å². The van der Waals surface area contributed by atoms with Crippen molar-refractivity contribution in [3.05, 3.63) is 51.6 Å². The van der Waals surface area contributed by atoms with E-state index in [-0.39, 0.29) is 16.5 Å². The number of hydrogen-bond donors (Lipinski definition) is 1. The van der Waals surface area contributed by atoms with Crippen LogP contribution in [0, 0.1) is 5.82 Å². The van der Waals surface area contributed by atoms with Gasteiger partial charge in [-0.05, 0) is 18.2 Å². The molecule has 0 saturated carbocycles. The molecular formula is C11H6BrClFN3O. The molecule has 1 aromatic carbocycles. The van der Waals surface area contributed by atoms with E-state index >= 15 is 0 Å². The standard InChI is InChI=1S/C11H6BrClFN3O/c12-6-1-2-7(8(14)3-6)11(18)17-10-4-9(13)15-5-16-10/h1-5H,(H,15,16,17,18). The molecule has 1 N–H and O–H groups in total. The molecule has 0 saturated heterocycles. The summed E-state index contributed by atoms with van der Waals surface area (Å²) >= 11 is 8.76. The monoisotopic (exact) mass is 329 g/mol. The van der Waals surface area contributed by atoms with Gasteiger partial charge in [-0.15, -0.1) is 0 Å². The minimum Gasteiger partial charge on any atom is -0.306 e. The number of nitrogens with zero attached hydrogens (tertiary/aromatic N) is 2. The Morgan fingerprint density at radius 1 is 1.33 bits per heavy atom. The Kier molecular flexibility index (Phi) is 3.88. The molecule has 0 fully saturated rings. The zero-order valence-corrected chi connectivity index (χ0v) is 11.2. The summed E-state index contributed by atoms with van der Waals surface area (Å²) in [6, 6.07) is 5.53. The topological polar surface area (TPSA) is 54.9 Å². The van der Waals surface area contributed by atoms with Crippen LogP contribution in [0.3, 0.4) is 0 Å². The van der Waals surface area contributed by atoms with Gasteiger partial charge >= 0.3 is 0 Å². The normalized spacial score (nSPS) is 10.2. The number of anilines is 1. The second kappa shape index (κ2) is 5.41. The zero-order chi connectivity index (χ0) is 13.1. The van der Waals surface area contributed by atoms with Crippen LogP contribution in [0.2, 0.25) is 5.15 Å². The van der Waals surface area contributed by atoms with E-state index < -0.39 is 11.7 Å². The molecule has 2 rings (SSSR count). The van der Waals surface area contributed by atoms with Gasteiger partial charge in [-0.25, -0.2) is 14.4 Å². The Morgan fingerprint density at radius 2 is 2.11 bits per heavy atom. The van der Waals surface area contributed by atoms with E-state index in [2.05, 4.69) is 31.2 Å². The van der Waals surface area contributed by atoms with Crippen LogP contribution in [0.15, 0.2) is 35.1 Å². The summed E-state index contributed by atoms with van der Waals surface area (Å²) in [5.74, 6) is -1.01. The summed E-state index contributed by atoms with van der Waals surface area (Å²) in [6.45, 7) is 0. The molecular weight excluding hydrogens is 324 g/mol. The Hall–Kier alpha value is -1.53. The summed E-state index contributed by atoms with van der Waals surface area (Å²) in [7, 11) is 0. The third-order valence-electron chi connectivity index (χ3n) is 2.05. The number of benzene rings is 1. The van der Waals surface area contributed by atoms with Gasteiger partial charge in [0.1, 0.15) is 23.1 Å². The molecule has 0 aliphatic heterocycles. The van der Waals surface area contributed by atoms with Crippen molar-refractivity contribution < 1.29 is 9.18 Å². The number of nitrogens with one attached hydrogen (secondary N) is 1. The summed E-state index contributed by atoms with van der Waals surface area (Å²) in [5, 5.41) is 2.62. The molecule has 1 amide bonds. The number of hydrogen-bond acceptors (Lipinski definition) is 3. The van der Waals surface area contributed by atoms with E-state index in [4.69, 9.17) is 11.6 Å². The van der Waals surface area contributed by atoms with Gasteiger partial charge in [0.25, 0.3) is 5.91 Å². The van der Waals surface area contributed by atoms with Gasteiger partial charge in [-0.1, -0.05) is 27.5 Å². The first-order chi connectivity index (χ1) is 8.56. The molecule has 0 unspecified atom stereocenters. The summed E-state index contributed by atoms with van der Waals surface area (Å²) in [6.07, 6.45) is 1.20. The average molecular weight is 331 g/mol. The molecule has 92 valence electrons. The first-order valence-electron chi connectivity index (χ1n) is 4.80. The van der Waals surface area contributed by atoms with Crippen LogP contribution in [-0.2, 0) is 0 Å². The lowest BCUT2D eigenvalue weighted by molar-refractivity contribution is 0.102. The maximum Gasteiger partial charge on any atom is 0.259 e. The highest BCUT2D eigenvalue weighted by atomic mass is 79.9. The Labute approximate surface area is 115 Å². The highest BCUT2D eigenvalue weighted by molar-refractivity contribution is 9.10. The van der Waals surface area contributed by atoms with Gasteiger partial charge in [0, 0.05) is 10.5 Å².